The highest BCUT2D eigenvalue weighted by Gasteiger charge is 2.29. The van der Waals surface area contributed by atoms with Gasteiger partial charge in [0.15, 0.2) is 0 Å². The molecule has 3 rings (SSSR count). The van der Waals surface area contributed by atoms with Gasteiger partial charge in [0.25, 0.3) is 0 Å². The lowest BCUT2D eigenvalue weighted by atomic mass is 9.95. The average Bonchev–Trinajstić information content (AvgIpc) is 2.42. The van der Waals surface area contributed by atoms with Gasteiger partial charge >= 0.3 is 0 Å². The van der Waals surface area contributed by atoms with Crippen molar-refractivity contribution >= 4 is 39.1 Å². The number of benzene rings is 2. The third-order valence-electron chi connectivity index (χ3n) is 3.37. The Morgan fingerprint density at radius 2 is 1.95 bits per heavy atom. The molecule has 1 N–H and O–H groups in total. The molecule has 20 heavy (non-hydrogen) atoms. The average molecular weight is 374 g/mol. The summed E-state index contributed by atoms with van der Waals surface area (Å²) in [5, 5.41) is 11.3. The Labute approximate surface area is 135 Å². The van der Waals surface area contributed by atoms with Gasteiger partial charge in [-0.25, -0.2) is 0 Å². The summed E-state index contributed by atoms with van der Waals surface area (Å²) in [6, 6.07) is 11.0. The molecule has 2 atom stereocenters. The molecular weight excluding hydrogens is 363 g/mol. The van der Waals surface area contributed by atoms with Crippen LogP contribution in [0.2, 0.25) is 10.0 Å². The van der Waals surface area contributed by atoms with Gasteiger partial charge in [0.1, 0.15) is 11.9 Å². The molecule has 1 heterocycles. The third-order valence-corrected chi connectivity index (χ3v) is 4.69. The van der Waals surface area contributed by atoms with Crippen LogP contribution < -0.4 is 4.74 Å². The van der Waals surface area contributed by atoms with E-state index in [1.165, 1.54) is 0 Å². The minimum absolute atomic E-state index is 0.301. The molecule has 1 aliphatic heterocycles. The van der Waals surface area contributed by atoms with Crippen LogP contribution in [0.3, 0.4) is 0 Å². The second kappa shape index (κ2) is 5.57. The lowest BCUT2D eigenvalue weighted by Gasteiger charge is -2.30. The van der Waals surface area contributed by atoms with Gasteiger partial charge in [0, 0.05) is 22.0 Å². The summed E-state index contributed by atoms with van der Waals surface area (Å²) in [6.45, 7) is 0. The molecule has 1 aliphatic rings. The maximum Gasteiger partial charge on any atom is 0.128 e. The molecule has 2 unspecified atom stereocenters. The maximum atomic E-state index is 10.3. The standard InChI is InChI=1S/C15H11BrCl2O2/c16-8-4-5-13-10(6-8)12(19)7-14(20-13)9-2-1-3-11(17)15(9)18/h1-6,12,14,19H,7H2. The predicted molar refractivity (Wildman–Crippen MR) is 83.5 cm³/mol. The summed E-state index contributed by atoms with van der Waals surface area (Å²) in [4.78, 5) is 0. The van der Waals surface area contributed by atoms with Gasteiger partial charge in [-0.05, 0) is 24.3 Å². The van der Waals surface area contributed by atoms with Crippen LogP contribution in [0.1, 0.15) is 29.8 Å². The molecule has 0 aliphatic carbocycles. The van der Waals surface area contributed by atoms with Gasteiger partial charge in [-0.2, -0.15) is 0 Å². The van der Waals surface area contributed by atoms with Gasteiger partial charge in [-0.3, -0.25) is 0 Å². The van der Waals surface area contributed by atoms with Crippen molar-refractivity contribution < 1.29 is 9.84 Å². The van der Waals surface area contributed by atoms with Gasteiger partial charge in [0.2, 0.25) is 0 Å². The van der Waals surface area contributed by atoms with E-state index in [1.807, 2.05) is 30.3 Å². The molecule has 0 bridgehead atoms. The second-order valence-electron chi connectivity index (χ2n) is 4.68. The molecule has 2 aromatic rings. The van der Waals surface area contributed by atoms with Crippen LogP contribution >= 0.6 is 39.1 Å². The highest BCUT2D eigenvalue weighted by molar-refractivity contribution is 9.10. The number of aliphatic hydroxyl groups is 1. The molecular formula is C15H11BrCl2O2. The van der Waals surface area contributed by atoms with Crippen molar-refractivity contribution in [1.29, 1.82) is 0 Å². The molecule has 0 amide bonds. The van der Waals surface area contributed by atoms with Crippen molar-refractivity contribution in [3.63, 3.8) is 0 Å². The number of hydrogen-bond acceptors (Lipinski definition) is 2. The number of ether oxygens (including phenoxy) is 1. The van der Waals surface area contributed by atoms with E-state index in [9.17, 15) is 5.11 Å². The summed E-state index contributed by atoms with van der Waals surface area (Å²) < 4.78 is 6.87. The van der Waals surface area contributed by atoms with E-state index < -0.39 is 6.10 Å². The Morgan fingerprint density at radius 1 is 1.15 bits per heavy atom. The molecule has 2 nitrogen and oxygen atoms in total. The van der Waals surface area contributed by atoms with E-state index in [2.05, 4.69) is 15.9 Å². The largest absolute Gasteiger partial charge is 0.485 e. The smallest absolute Gasteiger partial charge is 0.128 e. The van der Waals surface area contributed by atoms with E-state index in [-0.39, 0.29) is 6.10 Å². The van der Waals surface area contributed by atoms with Crippen molar-refractivity contribution in [2.75, 3.05) is 0 Å². The molecule has 5 heteroatoms. The lowest BCUT2D eigenvalue weighted by molar-refractivity contribution is 0.0657. The molecule has 2 aromatic carbocycles. The van der Waals surface area contributed by atoms with Crippen LogP contribution in [-0.4, -0.2) is 5.11 Å². The van der Waals surface area contributed by atoms with Crippen LogP contribution in [0, 0.1) is 0 Å². The first-order valence-electron chi connectivity index (χ1n) is 6.14. The zero-order valence-corrected chi connectivity index (χ0v) is 13.4. The minimum atomic E-state index is -0.587. The zero-order valence-electron chi connectivity index (χ0n) is 10.3. The highest BCUT2D eigenvalue weighted by Crippen LogP contribution is 2.44. The van der Waals surface area contributed by atoms with E-state index in [0.717, 1.165) is 15.6 Å². The minimum Gasteiger partial charge on any atom is -0.485 e. The number of fused-ring (bicyclic) bond motifs is 1. The Hall–Kier alpha value is -0.740. The molecule has 0 spiro atoms. The van der Waals surface area contributed by atoms with E-state index in [1.54, 1.807) is 6.07 Å². The first-order valence-corrected chi connectivity index (χ1v) is 7.69. The fraction of sp³-hybridized carbons (Fsp3) is 0.200. The van der Waals surface area contributed by atoms with Gasteiger partial charge < -0.3 is 9.84 Å². The second-order valence-corrected chi connectivity index (χ2v) is 6.38. The van der Waals surface area contributed by atoms with E-state index in [0.29, 0.717) is 22.2 Å². The monoisotopic (exact) mass is 372 g/mol. The summed E-state index contributed by atoms with van der Waals surface area (Å²) >= 11 is 15.7. The SMILES string of the molecule is OC1CC(c2cccc(Cl)c2Cl)Oc2ccc(Br)cc21. The van der Waals surface area contributed by atoms with Crippen LogP contribution in [-0.2, 0) is 0 Å². The fourth-order valence-electron chi connectivity index (χ4n) is 2.38. The third kappa shape index (κ3) is 2.56. The molecule has 0 saturated heterocycles. The van der Waals surface area contributed by atoms with E-state index in [4.69, 9.17) is 27.9 Å². The van der Waals surface area contributed by atoms with Crippen molar-refractivity contribution in [2.24, 2.45) is 0 Å². The summed E-state index contributed by atoms with van der Waals surface area (Å²) in [5.74, 6) is 0.674. The van der Waals surface area contributed by atoms with Crippen molar-refractivity contribution in [2.45, 2.75) is 18.6 Å². The number of rotatable bonds is 1. The lowest BCUT2D eigenvalue weighted by Crippen LogP contribution is -2.19. The summed E-state index contributed by atoms with van der Waals surface area (Å²) in [5.41, 5.74) is 1.58. The normalized spacial score (nSPS) is 21.2. The van der Waals surface area contributed by atoms with Gasteiger partial charge in [0.05, 0.1) is 16.1 Å². The maximum absolute atomic E-state index is 10.3. The van der Waals surface area contributed by atoms with E-state index >= 15 is 0 Å². The number of hydrogen-bond donors (Lipinski definition) is 1. The predicted octanol–water partition coefficient (Wildman–Crippen LogP) is 5.31. The zero-order chi connectivity index (χ0) is 14.3. The first kappa shape index (κ1) is 14.2. The Morgan fingerprint density at radius 3 is 2.75 bits per heavy atom. The summed E-state index contributed by atoms with van der Waals surface area (Å²) in [6.07, 6.45) is -0.440. The number of halogens is 3. The van der Waals surface area contributed by atoms with Gasteiger partial charge in [-0.1, -0.05) is 51.3 Å². The molecule has 0 aromatic heterocycles. The topological polar surface area (TPSA) is 29.5 Å². The summed E-state index contributed by atoms with van der Waals surface area (Å²) in [7, 11) is 0. The van der Waals surface area contributed by atoms with Crippen LogP contribution in [0.15, 0.2) is 40.9 Å². The Kier molecular flexibility index (Phi) is 3.95. The van der Waals surface area contributed by atoms with Crippen molar-refractivity contribution in [3.8, 4) is 5.75 Å². The Balaban J connectivity index is 1.99. The molecule has 0 saturated carbocycles. The van der Waals surface area contributed by atoms with Crippen LogP contribution in [0.5, 0.6) is 5.75 Å². The fourth-order valence-corrected chi connectivity index (χ4v) is 3.19. The van der Waals surface area contributed by atoms with Crippen molar-refractivity contribution in [3.05, 3.63) is 62.0 Å². The first-order chi connectivity index (χ1) is 9.56. The quantitative estimate of drug-likeness (QED) is 0.733. The van der Waals surface area contributed by atoms with Crippen molar-refractivity contribution in [1.82, 2.24) is 0 Å². The van der Waals surface area contributed by atoms with Crippen LogP contribution in [0.25, 0.3) is 0 Å². The number of aliphatic hydroxyl groups excluding tert-OH is 1. The van der Waals surface area contributed by atoms with Crippen LogP contribution in [0.4, 0.5) is 0 Å². The highest BCUT2D eigenvalue weighted by atomic mass is 79.9. The molecule has 0 fully saturated rings. The molecule has 0 radical (unpaired) electrons. The Bertz CT molecular complexity index is 660. The van der Waals surface area contributed by atoms with Gasteiger partial charge in [-0.15, -0.1) is 0 Å². The molecule has 104 valence electrons.